The quantitative estimate of drug-likeness (QED) is 0.866. The molecule has 2 aromatic rings. The molecule has 0 N–H and O–H groups in total. The minimum Gasteiger partial charge on any atom is -0.442 e. The van der Waals surface area contributed by atoms with Crippen molar-refractivity contribution in [2.24, 2.45) is 0 Å². The first-order valence-corrected chi connectivity index (χ1v) is 8.00. The fraction of sp³-hybridized carbons (Fsp3) is 0.500. The van der Waals surface area contributed by atoms with Crippen LogP contribution >= 0.6 is 0 Å². The minimum absolute atomic E-state index is 0.0297. The van der Waals surface area contributed by atoms with E-state index >= 15 is 0 Å². The zero-order valence-electron chi connectivity index (χ0n) is 15.2. The first-order chi connectivity index (χ1) is 11.1. The normalized spacial score (nSPS) is 11.6. The molecule has 0 saturated carbocycles. The van der Waals surface area contributed by atoms with Gasteiger partial charge < -0.3 is 9.64 Å². The van der Waals surface area contributed by atoms with Crippen LogP contribution < -0.4 is 0 Å². The predicted molar refractivity (Wildman–Crippen MR) is 93.1 cm³/mol. The average molecular weight is 331 g/mol. The Kier molecular flexibility index (Phi) is 4.96. The molecule has 1 aromatic heterocycles. The van der Waals surface area contributed by atoms with E-state index in [4.69, 9.17) is 4.74 Å². The highest BCUT2D eigenvalue weighted by molar-refractivity contribution is 5.90. The SMILES string of the molecule is Cc1ccc2c(CCC(=O)N(C)C)nn(C(=O)OC(C)(C)C)c2c1. The van der Waals surface area contributed by atoms with Gasteiger partial charge in [0.1, 0.15) is 5.60 Å². The molecular formula is C18H25N3O3. The van der Waals surface area contributed by atoms with Gasteiger partial charge in [0.15, 0.2) is 0 Å². The molecule has 0 aliphatic heterocycles. The summed E-state index contributed by atoms with van der Waals surface area (Å²) in [5, 5.41) is 5.29. The summed E-state index contributed by atoms with van der Waals surface area (Å²) in [6, 6.07) is 5.82. The Bertz CT molecular complexity index is 770. The van der Waals surface area contributed by atoms with Crippen LogP contribution in [0.4, 0.5) is 4.79 Å². The number of amides is 1. The number of fused-ring (bicyclic) bond motifs is 1. The maximum Gasteiger partial charge on any atom is 0.435 e. The van der Waals surface area contributed by atoms with Crippen molar-refractivity contribution in [1.29, 1.82) is 0 Å². The molecule has 130 valence electrons. The second kappa shape index (κ2) is 6.63. The van der Waals surface area contributed by atoms with Gasteiger partial charge in [0, 0.05) is 32.3 Å². The van der Waals surface area contributed by atoms with Gasteiger partial charge in [-0.2, -0.15) is 9.78 Å². The Morgan fingerprint density at radius 3 is 2.50 bits per heavy atom. The van der Waals surface area contributed by atoms with Crippen LogP contribution in [0.3, 0.4) is 0 Å². The number of aryl methyl sites for hydroxylation is 2. The smallest absolute Gasteiger partial charge is 0.435 e. The van der Waals surface area contributed by atoms with E-state index in [0.717, 1.165) is 16.6 Å². The van der Waals surface area contributed by atoms with Gasteiger partial charge in [-0.1, -0.05) is 12.1 Å². The molecule has 0 atom stereocenters. The van der Waals surface area contributed by atoms with Gasteiger partial charge in [-0.05, 0) is 39.3 Å². The van der Waals surface area contributed by atoms with E-state index in [1.54, 1.807) is 19.0 Å². The van der Waals surface area contributed by atoms with Crippen LogP contribution in [-0.2, 0) is 16.0 Å². The fourth-order valence-corrected chi connectivity index (χ4v) is 2.37. The number of aromatic nitrogens is 2. The lowest BCUT2D eigenvalue weighted by Gasteiger charge is -2.19. The van der Waals surface area contributed by atoms with Crippen LogP contribution in [0.25, 0.3) is 10.9 Å². The summed E-state index contributed by atoms with van der Waals surface area (Å²) in [6.07, 6.45) is 0.316. The molecule has 24 heavy (non-hydrogen) atoms. The highest BCUT2D eigenvalue weighted by Crippen LogP contribution is 2.22. The Balaban J connectivity index is 2.39. The molecule has 2 rings (SSSR count). The minimum atomic E-state index is -0.597. The molecule has 0 fully saturated rings. The van der Waals surface area contributed by atoms with Gasteiger partial charge in [0.2, 0.25) is 5.91 Å². The maximum absolute atomic E-state index is 12.4. The molecule has 0 saturated heterocycles. The molecule has 0 unspecified atom stereocenters. The van der Waals surface area contributed by atoms with Gasteiger partial charge in [-0.25, -0.2) is 4.79 Å². The summed E-state index contributed by atoms with van der Waals surface area (Å²) in [5.74, 6) is 0.0297. The summed E-state index contributed by atoms with van der Waals surface area (Å²) in [7, 11) is 3.45. The summed E-state index contributed by atoms with van der Waals surface area (Å²) in [5.41, 5.74) is 1.87. The van der Waals surface area contributed by atoms with Crippen molar-refractivity contribution in [3.63, 3.8) is 0 Å². The van der Waals surface area contributed by atoms with Crippen LogP contribution in [0, 0.1) is 6.92 Å². The molecule has 0 spiro atoms. The van der Waals surface area contributed by atoms with E-state index in [-0.39, 0.29) is 5.91 Å². The van der Waals surface area contributed by atoms with E-state index in [9.17, 15) is 9.59 Å². The predicted octanol–water partition coefficient (Wildman–Crippen LogP) is 3.15. The molecular weight excluding hydrogens is 306 g/mol. The van der Waals surface area contributed by atoms with Gasteiger partial charge in [0.25, 0.3) is 0 Å². The number of benzene rings is 1. The topological polar surface area (TPSA) is 64.4 Å². The second-order valence-corrected chi connectivity index (χ2v) is 7.15. The van der Waals surface area contributed by atoms with Crippen molar-refractivity contribution in [3.8, 4) is 0 Å². The largest absolute Gasteiger partial charge is 0.442 e. The van der Waals surface area contributed by atoms with Crippen molar-refractivity contribution in [1.82, 2.24) is 14.7 Å². The molecule has 1 heterocycles. The molecule has 6 heteroatoms. The first-order valence-electron chi connectivity index (χ1n) is 8.00. The third-order valence-electron chi connectivity index (χ3n) is 3.55. The zero-order valence-corrected chi connectivity index (χ0v) is 15.2. The van der Waals surface area contributed by atoms with E-state index in [1.807, 2.05) is 45.9 Å². The molecule has 0 aliphatic rings. The Hall–Kier alpha value is -2.37. The van der Waals surface area contributed by atoms with Crippen molar-refractivity contribution in [2.75, 3.05) is 14.1 Å². The Labute approximate surface area is 142 Å². The Morgan fingerprint density at radius 1 is 1.25 bits per heavy atom. The average Bonchev–Trinajstić information content (AvgIpc) is 2.80. The number of hydrogen-bond donors (Lipinski definition) is 0. The summed E-state index contributed by atoms with van der Waals surface area (Å²) in [4.78, 5) is 25.8. The van der Waals surface area contributed by atoms with E-state index in [2.05, 4.69) is 5.10 Å². The van der Waals surface area contributed by atoms with Crippen LogP contribution in [0.5, 0.6) is 0 Å². The van der Waals surface area contributed by atoms with Crippen LogP contribution in [0.1, 0.15) is 38.4 Å². The lowest BCUT2D eigenvalue weighted by atomic mass is 10.1. The number of carbonyl (C=O) groups is 2. The van der Waals surface area contributed by atoms with E-state index < -0.39 is 11.7 Å². The molecule has 6 nitrogen and oxygen atoms in total. The lowest BCUT2D eigenvalue weighted by Crippen LogP contribution is -2.27. The van der Waals surface area contributed by atoms with Gasteiger partial charge in [-0.15, -0.1) is 0 Å². The highest BCUT2D eigenvalue weighted by atomic mass is 16.6. The first kappa shape index (κ1) is 18.0. The third-order valence-corrected chi connectivity index (χ3v) is 3.55. The summed E-state index contributed by atoms with van der Waals surface area (Å²) in [6.45, 7) is 7.41. The fourth-order valence-electron chi connectivity index (χ4n) is 2.37. The molecule has 0 radical (unpaired) electrons. The van der Waals surface area contributed by atoms with Crippen molar-refractivity contribution in [3.05, 3.63) is 29.5 Å². The Morgan fingerprint density at radius 2 is 1.92 bits per heavy atom. The molecule has 0 aliphatic carbocycles. The van der Waals surface area contributed by atoms with E-state index in [1.165, 1.54) is 4.68 Å². The molecule has 0 bridgehead atoms. The van der Waals surface area contributed by atoms with Gasteiger partial charge in [-0.3, -0.25) is 4.79 Å². The highest BCUT2D eigenvalue weighted by Gasteiger charge is 2.22. The zero-order chi connectivity index (χ0) is 18.1. The van der Waals surface area contributed by atoms with E-state index in [0.29, 0.717) is 18.4 Å². The van der Waals surface area contributed by atoms with Crippen LogP contribution in [0.15, 0.2) is 18.2 Å². The van der Waals surface area contributed by atoms with Crippen LogP contribution in [-0.4, -0.2) is 46.4 Å². The maximum atomic E-state index is 12.4. The molecule has 1 amide bonds. The van der Waals surface area contributed by atoms with Crippen LogP contribution in [0.2, 0.25) is 0 Å². The van der Waals surface area contributed by atoms with Gasteiger partial charge >= 0.3 is 6.09 Å². The second-order valence-electron chi connectivity index (χ2n) is 7.15. The number of carbonyl (C=O) groups excluding carboxylic acids is 2. The monoisotopic (exact) mass is 331 g/mol. The molecule has 1 aromatic carbocycles. The standard InChI is InChI=1S/C18H25N3O3/c1-12-7-8-13-14(9-10-16(22)20(5)6)19-21(15(13)11-12)17(23)24-18(2,3)4/h7-8,11H,9-10H2,1-6H3. The third kappa shape index (κ3) is 4.13. The number of nitrogens with zero attached hydrogens (tertiary/aromatic N) is 3. The van der Waals surface area contributed by atoms with Crippen molar-refractivity contribution < 1.29 is 14.3 Å². The van der Waals surface area contributed by atoms with Crippen molar-refractivity contribution in [2.45, 2.75) is 46.1 Å². The summed E-state index contributed by atoms with van der Waals surface area (Å²) < 4.78 is 6.73. The summed E-state index contributed by atoms with van der Waals surface area (Å²) >= 11 is 0. The number of hydrogen-bond acceptors (Lipinski definition) is 4. The lowest BCUT2D eigenvalue weighted by molar-refractivity contribution is -0.128. The van der Waals surface area contributed by atoms with Crippen molar-refractivity contribution >= 4 is 22.9 Å². The number of ether oxygens (including phenoxy) is 1. The number of rotatable bonds is 3. The van der Waals surface area contributed by atoms with Gasteiger partial charge in [0.05, 0.1) is 11.2 Å².